The Balaban J connectivity index is 1.37. The highest BCUT2D eigenvalue weighted by Crippen LogP contribution is 2.25. The highest BCUT2D eigenvalue weighted by atomic mass is 32.1. The molecule has 0 spiro atoms. The Bertz CT molecular complexity index is 1030. The molecule has 0 unspecified atom stereocenters. The summed E-state index contributed by atoms with van der Waals surface area (Å²) >= 11 is 1.55. The summed E-state index contributed by atoms with van der Waals surface area (Å²) in [5.74, 6) is 0.410. The number of carbonyl (C=O) groups is 1. The predicted octanol–water partition coefficient (Wildman–Crippen LogP) is 3.71. The summed E-state index contributed by atoms with van der Waals surface area (Å²) in [6, 6.07) is 11.4. The number of nitrogens with zero attached hydrogens (tertiary/aromatic N) is 3. The molecular formula is C21H21FN4O3S. The maximum absolute atomic E-state index is 13.2. The first-order valence-electron chi connectivity index (χ1n) is 9.51. The van der Waals surface area contributed by atoms with E-state index in [1.54, 1.807) is 34.6 Å². The summed E-state index contributed by atoms with van der Waals surface area (Å²) in [5, 5.41) is 3.96. The zero-order chi connectivity index (χ0) is 20.9. The van der Waals surface area contributed by atoms with Crippen LogP contribution in [-0.2, 0) is 9.53 Å². The third-order valence-electron chi connectivity index (χ3n) is 4.53. The summed E-state index contributed by atoms with van der Waals surface area (Å²) in [4.78, 5) is 24.2. The van der Waals surface area contributed by atoms with E-state index in [1.807, 2.05) is 25.1 Å². The lowest BCUT2D eigenvalue weighted by molar-refractivity contribution is -0.141. The van der Waals surface area contributed by atoms with Gasteiger partial charge in [-0.1, -0.05) is 12.1 Å². The van der Waals surface area contributed by atoms with Gasteiger partial charge in [-0.15, -0.1) is 11.3 Å². The number of amides is 1. The van der Waals surface area contributed by atoms with Crippen LogP contribution in [0.3, 0.4) is 0 Å². The van der Waals surface area contributed by atoms with E-state index < -0.39 is 5.82 Å². The van der Waals surface area contributed by atoms with Crippen LogP contribution < -0.4 is 10.1 Å². The molecule has 1 aliphatic rings. The van der Waals surface area contributed by atoms with Gasteiger partial charge in [-0.25, -0.2) is 14.4 Å². The Morgan fingerprint density at radius 3 is 3.03 bits per heavy atom. The molecule has 0 bridgehead atoms. The Hall–Kier alpha value is -3.04. The SMILES string of the molecule is Cc1cnc(Nc2cccc([C@H]3CN(C(=O)COc4cccc(F)c4)CCO3)n2)s1. The second-order valence-electron chi connectivity index (χ2n) is 6.79. The number of pyridine rings is 1. The number of anilines is 2. The van der Waals surface area contributed by atoms with Crippen molar-refractivity contribution in [3.8, 4) is 5.75 Å². The fraction of sp³-hybridized carbons (Fsp3) is 0.286. The lowest BCUT2D eigenvalue weighted by Gasteiger charge is -2.32. The molecule has 1 aliphatic heterocycles. The standard InChI is InChI=1S/C21H21FN4O3S/c1-14-11-23-21(30-14)25-19-7-3-6-17(24-19)18-12-26(8-9-28-18)20(27)13-29-16-5-2-4-15(22)10-16/h2-7,10-11,18H,8-9,12-13H2,1H3,(H,23,24,25)/t18-/m1/s1. The van der Waals surface area contributed by atoms with Crippen LogP contribution in [0.15, 0.2) is 48.7 Å². The van der Waals surface area contributed by atoms with Crippen LogP contribution in [0.5, 0.6) is 5.75 Å². The minimum atomic E-state index is -0.404. The van der Waals surface area contributed by atoms with E-state index in [0.717, 1.165) is 15.7 Å². The number of benzene rings is 1. The van der Waals surface area contributed by atoms with Crippen molar-refractivity contribution in [1.29, 1.82) is 0 Å². The first kappa shape index (κ1) is 20.2. The third-order valence-corrected chi connectivity index (χ3v) is 5.36. The van der Waals surface area contributed by atoms with E-state index in [0.29, 0.717) is 31.3 Å². The van der Waals surface area contributed by atoms with E-state index in [-0.39, 0.29) is 18.6 Å². The van der Waals surface area contributed by atoms with Gasteiger partial charge in [0.2, 0.25) is 0 Å². The van der Waals surface area contributed by atoms with E-state index in [4.69, 9.17) is 9.47 Å². The fourth-order valence-corrected chi connectivity index (χ4v) is 3.74. The van der Waals surface area contributed by atoms with Crippen molar-refractivity contribution in [2.75, 3.05) is 31.6 Å². The summed E-state index contributed by atoms with van der Waals surface area (Å²) in [6.07, 6.45) is 1.47. The minimum Gasteiger partial charge on any atom is -0.484 e. The van der Waals surface area contributed by atoms with Crippen molar-refractivity contribution in [3.05, 3.63) is 65.0 Å². The van der Waals surface area contributed by atoms with Gasteiger partial charge in [0.1, 0.15) is 23.5 Å². The Morgan fingerprint density at radius 2 is 2.23 bits per heavy atom. The fourth-order valence-electron chi connectivity index (χ4n) is 3.07. The Morgan fingerprint density at radius 1 is 1.37 bits per heavy atom. The topological polar surface area (TPSA) is 76.6 Å². The molecule has 9 heteroatoms. The molecule has 1 amide bonds. The van der Waals surface area contributed by atoms with Crippen LogP contribution >= 0.6 is 11.3 Å². The molecule has 1 fully saturated rings. The summed E-state index contributed by atoms with van der Waals surface area (Å²) < 4.78 is 24.5. The molecule has 30 heavy (non-hydrogen) atoms. The van der Waals surface area contributed by atoms with E-state index in [1.165, 1.54) is 12.1 Å². The Kier molecular flexibility index (Phi) is 6.20. The van der Waals surface area contributed by atoms with Crippen LogP contribution in [-0.4, -0.2) is 47.1 Å². The second kappa shape index (κ2) is 9.19. The van der Waals surface area contributed by atoms with Crippen LogP contribution in [0, 0.1) is 12.7 Å². The van der Waals surface area contributed by atoms with Gasteiger partial charge in [0.05, 0.1) is 18.8 Å². The first-order chi connectivity index (χ1) is 14.6. The molecule has 0 aliphatic carbocycles. The number of carbonyl (C=O) groups excluding carboxylic acids is 1. The molecule has 3 aromatic rings. The lowest BCUT2D eigenvalue weighted by atomic mass is 10.2. The van der Waals surface area contributed by atoms with Gasteiger partial charge in [-0.05, 0) is 31.2 Å². The number of rotatable bonds is 6. The van der Waals surface area contributed by atoms with E-state index >= 15 is 0 Å². The number of hydrogen-bond donors (Lipinski definition) is 1. The van der Waals surface area contributed by atoms with Crippen LogP contribution in [0.4, 0.5) is 15.3 Å². The van der Waals surface area contributed by atoms with Crippen molar-refractivity contribution >= 4 is 28.2 Å². The van der Waals surface area contributed by atoms with Gasteiger partial charge in [0.15, 0.2) is 11.7 Å². The highest BCUT2D eigenvalue weighted by Gasteiger charge is 2.26. The zero-order valence-electron chi connectivity index (χ0n) is 16.4. The first-order valence-corrected chi connectivity index (χ1v) is 10.3. The zero-order valence-corrected chi connectivity index (χ0v) is 17.2. The van der Waals surface area contributed by atoms with Crippen LogP contribution in [0.25, 0.3) is 0 Å². The van der Waals surface area contributed by atoms with Gasteiger partial charge in [-0.2, -0.15) is 0 Å². The second-order valence-corrected chi connectivity index (χ2v) is 8.03. The third kappa shape index (κ3) is 5.11. The largest absolute Gasteiger partial charge is 0.484 e. The average Bonchev–Trinajstić information content (AvgIpc) is 3.17. The number of hydrogen-bond acceptors (Lipinski definition) is 7. The molecule has 1 aromatic carbocycles. The normalized spacial score (nSPS) is 16.3. The maximum Gasteiger partial charge on any atom is 0.260 e. The van der Waals surface area contributed by atoms with Crippen molar-refractivity contribution in [1.82, 2.24) is 14.9 Å². The quantitative estimate of drug-likeness (QED) is 0.645. The van der Waals surface area contributed by atoms with E-state index in [9.17, 15) is 9.18 Å². The molecule has 3 heterocycles. The summed E-state index contributed by atoms with van der Waals surface area (Å²) in [7, 11) is 0. The van der Waals surface area contributed by atoms with Gasteiger partial charge in [-0.3, -0.25) is 4.79 Å². The number of nitrogens with one attached hydrogen (secondary N) is 1. The lowest BCUT2D eigenvalue weighted by Crippen LogP contribution is -2.44. The number of thiazole rings is 1. The molecule has 0 saturated carbocycles. The number of ether oxygens (including phenoxy) is 2. The molecule has 1 atom stereocenters. The van der Waals surface area contributed by atoms with Gasteiger partial charge < -0.3 is 19.7 Å². The average molecular weight is 428 g/mol. The molecule has 2 aromatic heterocycles. The van der Waals surface area contributed by atoms with Crippen molar-refractivity contribution in [3.63, 3.8) is 0 Å². The number of halogens is 1. The minimum absolute atomic E-state index is 0.158. The molecule has 0 radical (unpaired) electrons. The Labute approximate surface area is 177 Å². The maximum atomic E-state index is 13.2. The molecule has 1 N–H and O–H groups in total. The van der Waals surface area contributed by atoms with Crippen molar-refractivity contribution in [2.24, 2.45) is 0 Å². The summed E-state index contributed by atoms with van der Waals surface area (Å²) in [6.45, 7) is 3.08. The summed E-state index contributed by atoms with van der Waals surface area (Å²) in [5.41, 5.74) is 0.733. The van der Waals surface area contributed by atoms with E-state index in [2.05, 4.69) is 15.3 Å². The number of morpholine rings is 1. The smallest absolute Gasteiger partial charge is 0.260 e. The molecular weight excluding hydrogens is 407 g/mol. The monoisotopic (exact) mass is 428 g/mol. The molecule has 7 nitrogen and oxygen atoms in total. The number of aromatic nitrogens is 2. The van der Waals surface area contributed by atoms with Gasteiger partial charge >= 0.3 is 0 Å². The van der Waals surface area contributed by atoms with Gasteiger partial charge in [0, 0.05) is 23.7 Å². The number of aryl methyl sites for hydroxylation is 1. The van der Waals surface area contributed by atoms with Crippen molar-refractivity contribution < 1.29 is 18.7 Å². The van der Waals surface area contributed by atoms with Crippen molar-refractivity contribution in [2.45, 2.75) is 13.0 Å². The predicted molar refractivity (Wildman–Crippen MR) is 112 cm³/mol. The highest BCUT2D eigenvalue weighted by molar-refractivity contribution is 7.15. The molecule has 156 valence electrons. The molecule has 4 rings (SSSR count). The molecule has 1 saturated heterocycles. The van der Waals surface area contributed by atoms with Gasteiger partial charge in [0.25, 0.3) is 5.91 Å². The van der Waals surface area contributed by atoms with Crippen LogP contribution in [0.1, 0.15) is 16.7 Å². The van der Waals surface area contributed by atoms with Crippen LogP contribution in [0.2, 0.25) is 0 Å².